The third-order valence-electron chi connectivity index (χ3n) is 7.20. The fourth-order valence-electron chi connectivity index (χ4n) is 5.22. The highest BCUT2D eigenvalue weighted by Crippen LogP contribution is 2.48. The molecule has 1 aliphatic carbocycles. The number of hydrogen-bond donors (Lipinski definition) is 5. The molecule has 1 fully saturated rings. The topological polar surface area (TPSA) is 147 Å². The Labute approximate surface area is 209 Å². The molecule has 2 aromatic carbocycles. The van der Waals surface area contributed by atoms with Crippen LogP contribution < -0.4 is 14.2 Å². The highest BCUT2D eigenvalue weighted by molar-refractivity contribution is 5.54. The van der Waals surface area contributed by atoms with Gasteiger partial charge in [-0.1, -0.05) is 6.07 Å². The maximum atomic E-state index is 10.4. The van der Waals surface area contributed by atoms with Gasteiger partial charge in [0.05, 0.1) is 34.5 Å². The Kier molecular flexibility index (Phi) is 8.23. The van der Waals surface area contributed by atoms with Gasteiger partial charge in [-0.3, -0.25) is 0 Å². The molecule has 10 nitrogen and oxygen atoms in total. The van der Waals surface area contributed by atoms with E-state index in [4.69, 9.17) is 23.7 Å². The van der Waals surface area contributed by atoms with Gasteiger partial charge in [-0.05, 0) is 59.2 Å². The van der Waals surface area contributed by atoms with Gasteiger partial charge in [-0.2, -0.15) is 0 Å². The first-order chi connectivity index (χ1) is 17.3. The zero-order chi connectivity index (χ0) is 26.0. The highest BCUT2D eigenvalue weighted by atomic mass is 16.7. The van der Waals surface area contributed by atoms with Gasteiger partial charge < -0.3 is 49.2 Å². The molecule has 0 saturated carbocycles. The fraction of sp³-hybridized carbons (Fsp3) is 0.538. The molecular weight excluding hydrogens is 472 g/mol. The third kappa shape index (κ3) is 4.97. The molecule has 0 spiro atoms. The summed E-state index contributed by atoms with van der Waals surface area (Å²) < 4.78 is 27.8. The number of aliphatic hydroxyl groups excluding tert-OH is 4. The van der Waals surface area contributed by atoms with Gasteiger partial charge in [-0.15, -0.1) is 0 Å². The van der Waals surface area contributed by atoms with E-state index < -0.39 is 24.6 Å². The molecule has 0 bridgehead atoms. The van der Waals surface area contributed by atoms with Crippen LogP contribution in [0.4, 0.5) is 0 Å². The summed E-state index contributed by atoms with van der Waals surface area (Å²) in [7, 11) is 4.60. The van der Waals surface area contributed by atoms with Gasteiger partial charge in [0.2, 0.25) is 0 Å². The van der Waals surface area contributed by atoms with Crippen LogP contribution in [-0.2, 0) is 15.9 Å². The number of hydrogen-bond acceptors (Lipinski definition) is 10. The third-order valence-corrected chi connectivity index (χ3v) is 7.20. The summed E-state index contributed by atoms with van der Waals surface area (Å²) in [5.74, 6) is 0.627. The van der Waals surface area contributed by atoms with Gasteiger partial charge in [-0.25, -0.2) is 0 Å². The molecule has 4 rings (SSSR count). The molecule has 10 heteroatoms. The van der Waals surface area contributed by atoms with Crippen molar-refractivity contribution in [3.8, 4) is 23.0 Å². The molecule has 2 aliphatic rings. The minimum absolute atomic E-state index is 0.00220. The van der Waals surface area contributed by atoms with E-state index in [-0.39, 0.29) is 43.3 Å². The van der Waals surface area contributed by atoms with Gasteiger partial charge in [0.15, 0.2) is 29.3 Å². The van der Waals surface area contributed by atoms with Crippen LogP contribution in [0.5, 0.6) is 23.0 Å². The number of fused-ring (bicyclic) bond motifs is 1. The molecule has 0 amide bonds. The van der Waals surface area contributed by atoms with Crippen LogP contribution in [0.25, 0.3) is 0 Å². The van der Waals surface area contributed by atoms with E-state index >= 15 is 0 Å². The van der Waals surface area contributed by atoms with Crippen molar-refractivity contribution >= 4 is 0 Å². The van der Waals surface area contributed by atoms with Crippen molar-refractivity contribution in [2.75, 3.05) is 41.2 Å². The Bertz CT molecular complexity index is 1040. The molecule has 36 heavy (non-hydrogen) atoms. The Morgan fingerprint density at radius 1 is 0.917 bits per heavy atom. The van der Waals surface area contributed by atoms with Crippen molar-refractivity contribution < 1.29 is 49.2 Å². The molecular formula is C26H34O10. The first-order valence-corrected chi connectivity index (χ1v) is 11.8. The lowest BCUT2D eigenvalue weighted by molar-refractivity contribution is -0.274. The van der Waals surface area contributed by atoms with Crippen LogP contribution in [0.15, 0.2) is 30.3 Å². The van der Waals surface area contributed by atoms with Crippen LogP contribution in [0.3, 0.4) is 0 Å². The number of methoxy groups -OCH3 is 3. The summed E-state index contributed by atoms with van der Waals surface area (Å²) in [6.45, 7) is -0.213. The van der Waals surface area contributed by atoms with Gasteiger partial charge >= 0.3 is 0 Å². The van der Waals surface area contributed by atoms with Crippen molar-refractivity contribution in [2.45, 2.75) is 36.9 Å². The highest BCUT2D eigenvalue weighted by Gasteiger charge is 2.42. The normalized spacial score (nSPS) is 29.9. The molecule has 5 N–H and O–H groups in total. The molecule has 2 aromatic rings. The second kappa shape index (κ2) is 11.2. The summed E-state index contributed by atoms with van der Waals surface area (Å²) in [6, 6.07) is 8.91. The molecule has 7 atom stereocenters. The van der Waals surface area contributed by atoms with Gasteiger partial charge in [0, 0.05) is 12.5 Å². The van der Waals surface area contributed by atoms with E-state index in [1.54, 1.807) is 32.4 Å². The number of phenols is 1. The maximum Gasteiger partial charge on any atom is 0.186 e. The molecule has 198 valence electrons. The first-order valence-electron chi connectivity index (χ1n) is 11.8. The molecule has 0 radical (unpaired) electrons. The van der Waals surface area contributed by atoms with Crippen LogP contribution in [0.1, 0.15) is 22.6 Å². The number of aliphatic hydroxyl groups is 4. The number of rotatable bonds is 8. The first kappa shape index (κ1) is 26.5. The Hall–Kier alpha value is -2.60. The van der Waals surface area contributed by atoms with E-state index in [1.807, 2.05) is 12.1 Å². The fourth-order valence-corrected chi connectivity index (χ4v) is 5.22. The summed E-state index contributed by atoms with van der Waals surface area (Å²) in [6.07, 6.45) is -4.61. The average molecular weight is 507 g/mol. The standard InChI is InChI=1S/C26H34O10/c1-32-20-7-13(4-5-18(20)28)23-16-9-22(34-3)21(33-2)8-14(16)6-15(10-27)17(23)11-35-26-25(31)24(30)19(29)12-36-26/h4-5,7-9,15,17,19,23-31H,6,10-12H2,1-3H3/t15-,17?,19-,23?,24+,25-,26-/m1/s1. The minimum atomic E-state index is -1.42. The number of aromatic hydroxyl groups is 1. The van der Waals surface area contributed by atoms with Crippen molar-refractivity contribution in [1.82, 2.24) is 0 Å². The van der Waals surface area contributed by atoms with E-state index in [0.29, 0.717) is 23.7 Å². The largest absolute Gasteiger partial charge is 0.504 e. The van der Waals surface area contributed by atoms with Crippen molar-refractivity contribution in [3.05, 3.63) is 47.0 Å². The van der Waals surface area contributed by atoms with Crippen LogP contribution in [0.2, 0.25) is 0 Å². The predicted molar refractivity (Wildman–Crippen MR) is 128 cm³/mol. The summed E-state index contributed by atoms with van der Waals surface area (Å²) in [5, 5.41) is 50.7. The van der Waals surface area contributed by atoms with Crippen molar-refractivity contribution in [3.63, 3.8) is 0 Å². The predicted octanol–water partition coefficient (Wildman–Crippen LogP) is 0.786. The lowest BCUT2D eigenvalue weighted by atomic mass is 9.67. The zero-order valence-corrected chi connectivity index (χ0v) is 20.5. The van der Waals surface area contributed by atoms with E-state index in [1.165, 1.54) is 7.11 Å². The lowest BCUT2D eigenvalue weighted by Crippen LogP contribution is -2.54. The second-order valence-electron chi connectivity index (χ2n) is 9.21. The SMILES string of the molecule is COc1cc(C2c3cc(OC)c(OC)cc3C[C@H](CO)C2CO[C@@H]2OC[C@@H](O)[C@H](O)[C@H]2O)ccc1O. The number of phenolic OH excluding ortho intramolecular Hbond substituents is 1. The Balaban J connectivity index is 1.75. The van der Waals surface area contributed by atoms with Crippen LogP contribution in [-0.4, -0.2) is 91.3 Å². The van der Waals surface area contributed by atoms with Gasteiger partial charge in [0.1, 0.15) is 18.3 Å². The Morgan fingerprint density at radius 3 is 2.28 bits per heavy atom. The molecule has 1 heterocycles. The molecule has 0 aromatic heterocycles. The van der Waals surface area contributed by atoms with E-state index in [9.17, 15) is 25.5 Å². The number of ether oxygens (including phenoxy) is 5. The minimum Gasteiger partial charge on any atom is -0.504 e. The van der Waals surface area contributed by atoms with E-state index in [0.717, 1.165) is 16.7 Å². The van der Waals surface area contributed by atoms with Gasteiger partial charge in [0.25, 0.3) is 0 Å². The van der Waals surface area contributed by atoms with E-state index in [2.05, 4.69) is 0 Å². The summed E-state index contributed by atoms with van der Waals surface area (Å²) in [4.78, 5) is 0. The zero-order valence-electron chi connectivity index (χ0n) is 20.5. The average Bonchev–Trinajstić information content (AvgIpc) is 2.90. The lowest BCUT2D eigenvalue weighted by Gasteiger charge is -2.41. The second-order valence-corrected chi connectivity index (χ2v) is 9.21. The smallest absolute Gasteiger partial charge is 0.186 e. The van der Waals surface area contributed by atoms with Crippen molar-refractivity contribution in [2.24, 2.45) is 11.8 Å². The summed E-state index contributed by atoms with van der Waals surface area (Å²) >= 11 is 0. The van der Waals surface area contributed by atoms with Crippen molar-refractivity contribution in [1.29, 1.82) is 0 Å². The molecule has 1 aliphatic heterocycles. The quantitative estimate of drug-likeness (QED) is 0.348. The monoisotopic (exact) mass is 506 g/mol. The molecule has 1 saturated heterocycles. The van der Waals surface area contributed by atoms with Crippen LogP contribution in [0, 0.1) is 11.8 Å². The Morgan fingerprint density at radius 2 is 1.61 bits per heavy atom. The number of benzene rings is 2. The summed E-state index contributed by atoms with van der Waals surface area (Å²) in [5.41, 5.74) is 2.75. The van der Waals surface area contributed by atoms with Crippen LogP contribution >= 0.6 is 0 Å². The maximum absolute atomic E-state index is 10.4. The molecule has 2 unspecified atom stereocenters.